The lowest BCUT2D eigenvalue weighted by atomic mass is 10.0. The van der Waals surface area contributed by atoms with Gasteiger partial charge in [0, 0.05) is 10.9 Å². The predicted octanol–water partition coefficient (Wildman–Crippen LogP) is 5.13. The van der Waals surface area contributed by atoms with E-state index in [1.165, 1.54) is 24.3 Å². The van der Waals surface area contributed by atoms with Gasteiger partial charge in [0.25, 0.3) is 0 Å². The molecule has 0 saturated carbocycles. The van der Waals surface area contributed by atoms with Gasteiger partial charge in [-0.25, -0.2) is 9.37 Å². The lowest BCUT2D eigenvalue weighted by Crippen LogP contribution is -2.04. The van der Waals surface area contributed by atoms with Crippen LogP contribution in [0.1, 0.15) is 21.5 Å². The van der Waals surface area contributed by atoms with Crippen molar-refractivity contribution < 1.29 is 9.18 Å². The van der Waals surface area contributed by atoms with Gasteiger partial charge in [-0.2, -0.15) is 5.26 Å². The topological polar surface area (TPSA) is 53.8 Å². The molecule has 1 aromatic heterocycles. The summed E-state index contributed by atoms with van der Waals surface area (Å²) in [5, 5.41) is 10.3. The van der Waals surface area contributed by atoms with Crippen LogP contribution in [0.25, 0.3) is 17.0 Å². The minimum absolute atomic E-state index is 0.156. The maximum Gasteiger partial charge on any atom is 0.206 e. The van der Waals surface area contributed by atoms with E-state index in [1.54, 1.807) is 12.1 Å². The third kappa shape index (κ3) is 3.28. The number of rotatable bonds is 3. The van der Waals surface area contributed by atoms with Gasteiger partial charge in [0.2, 0.25) is 5.78 Å². The molecule has 5 heteroatoms. The maximum absolute atomic E-state index is 13.8. The number of fused-ring (bicyclic) bond motifs is 1. The van der Waals surface area contributed by atoms with Crippen molar-refractivity contribution >= 4 is 34.4 Å². The second kappa shape index (κ2) is 6.84. The number of carbonyl (C=O) groups excluding carboxylic acids is 1. The van der Waals surface area contributed by atoms with E-state index in [-0.39, 0.29) is 16.3 Å². The van der Waals surface area contributed by atoms with Crippen molar-refractivity contribution in [3.8, 4) is 6.07 Å². The van der Waals surface area contributed by atoms with Crippen molar-refractivity contribution in [1.29, 1.82) is 5.26 Å². The van der Waals surface area contributed by atoms with Gasteiger partial charge in [-0.1, -0.05) is 41.9 Å². The van der Waals surface area contributed by atoms with Crippen LogP contribution in [0.2, 0.25) is 5.15 Å². The molecule has 0 radical (unpaired) electrons. The molecule has 0 saturated heterocycles. The predicted molar refractivity (Wildman–Crippen MR) is 95.8 cm³/mol. The molecule has 0 aliphatic rings. The summed E-state index contributed by atoms with van der Waals surface area (Å²) in [6.07, 6.45) is 1.34. The maximum atomic E-state index is 13.8. The molecule has 2 aromatic carbocycles. The van der Waals surface area contributed by atoms with Crippen LogP contribution in [0.5, 0.6) is 0 Å². The molecule has 0 N–H and O–H groups in total. The number of hydrogen-bond acceptors (Lipinski definition) is 3. The van der Waals surface area contributed by atoms with Crippen LogP contribution in [0.4, 0.5) is 4.39 Å². The highest BCUT2D eigenvalue weighted by Crippen LogP contribution is 2.25. The van der Waals surface area contributed by atoms with Crippen molar-refractivity contribution in [3.05, 3.63) is 81.8 Å². The van der Waals surface area contributed by atoms with E-state index in [2.05, 4.69) is 4.98 Å². The van der Waals surface area contributed by atoms with Crippen LogP contribution in [0.3, 0.4) is 0 Å². The van der Waals surface area contributed by atoms with Crippen molar-refractivity contribution in [1.82, 2.24) is 4.98 Å². The van der Waals surface area contributed by atoms with Crippen LogP contribution < -0.4 is 0 Å². The molecule has 0 bridgehead atoms. The third-order valence-electron chi connectivity index (χ3n) is 3.81. The highest BCUT2D eigenvalue weighted by Gasteiger charge is 2.17. The molecular formula is C20H12ClFN2O. The van der Waals surface area contributed by atoms with Crippen molar-refractivity contribution in [2.45, 2.75) is 6.92 Å². The fourth-order valence-corrected chi connectivity index (χ4v) is 2.73. The number of hydrogen-bond donors (Lipinski definition) is 0. The number of halogens is 2. The summed E-state index contributed by atoms with van der Waals surface area (Å²) in [6.45, 7) is 1.92. The smallest absolute Gasteiger partial charge is 0.206 e. The molecule has 25 heavy (non-hydrogen) atoms. The quantitative estimate of drug-likeness (QED) is 0.285. The van der Waals surface area contributed by atoms with E-state index < -0.39 is 11.6 Å². The number of aromatic nitrogens is 1. The number of Topliss-reactive ketones (excluding diaryl/α,β-unsaturated/α-hetero) is 1. The zero-order valence-electron chi connectivity index (χ0n) is 13.3. The fourth-order valence-electron chi connectivity index (χ4n) is 2.54. The van der Waals surface area contributed by atoms with E-state index in [1.807, 2.05) is 31.2 Å². The standard InChI is InChI=1S/C20H12ClFN2O/c1-12-5-4-6-13-9-14(20(21)24-18(12)13)10-15(11-23)19(25)16-7-2-3-8-17(16)22/h2-10H,1H3/b15-10+. The number of nitriles is 1. The summed E-state index contributed by atoms with van der Waals surface area (Å²) in [6, 6.07) is 14.8. The number of para-hydroxylation sites is 1. The fraction of sp³-hybridized carbons (Fsp3) is 0.0500. The van der Waals surface area contributed by atoms with Gasteiger partial charge in [-0.15, -0.1) is 0 Å². The van der Waals surface area contributed by atoms with E-state index in [0.29, 0.717) is 5.56 Å². The Morgan fingerprint density at radius 3 is 2.72 bits per heavy atom. The number of benzene rings is 2. The second-order valence-electron chi connectivity index (χ2n) is 5.49. The Balaban J connectivity index is 2.11. The first kappa shape index (κ1) is 16.8. The molecule has 0 aliphatic heterocycles. The Kier molecular flexibility index (Phi) is 4.60. The number of carbonyl (C=O) groups is 1. The largest absolute Gasteiger partial charge is 0.288 e. The van der Waals surface area contributed by atoms with Crippen LogP contribution in [-0.2, 0) is 0 Å². The zero-order chi connectivity index (χ0) is 18.0. The Morgan fingerprint density at radius 1 is 1.24 bits per heavy atom. The summed E-state index contributed by atoms with van der Waals surface area (Å²) >= 11 is 6.21. The van der Waals surface area contributed by atoms with Crippen LogP contribution >= 0.6 is 11.6 Å². The average Bonchev–Trinajstić information content (AvgIpc) is 2.60. The van der Waals surface area contributed by atoms with E-state index in [0.717, 1.165) is 16.5 Å². The molecule has 3 aromatic rings. The monoisotopic (exact) mass is 350 g/mol. The summed E-state index contributed by atoms with van der Waals surface area (Å²) in [5.41, 5.74) is 1.79. The SMILES string of the molecule is Cc1cccc2cc(/C=C(\C#N)C(=O)c3ccccc3F)c(Cl)nc12. The van der Waals surface area contributed by atoms with Gasteiger partial charge in [-0.3, -0.25) is 4.79 Å². The lowest BCUT2D eigenvalue weighted by Gasteiger charge is -2.06. The molecular weight excluding hydrogens is 339 g/mol. The van der Waals surface area contributed by atoms with Crippen LogP contribution in [0.15, 0.2) is 54.1 Å². The molecule has 3 rings (SSSR count). The summed E-state index contributed by atoms with van der Waals surface area (Å²) < 4.78 is 13.8. The number of ketones is 1. The lowest BCUT2D eigenvalue weighted by molar-refractivity contribution is 0.103. The van der Waals surface area contributed by atoms with E-state index in [4.69, 9.17) is 11.6 Å². The Morgan fingerprint density at radius 2 is 2.00 bits per heavy atom. The summed E-state index contributed by atoms with van der Waals surface area (Å²) in [7, 11) is 0. The summed E-state index contributed by atoms with van der Waals surface area (Å²) in [4.78, 5) is 16.8. The minimum Gasteiger partial charge on any atom is -0.288 e. The molecule has 0 aliphatic carbocycles. The molecule has 0 spiro atoms. The second-order valence-corrected chi connectivity index (χ2v) is 5.85. The van der Waals surface area contributed by atoms with Crippen LogP contribution in [-0.4, -0.2) is 10.8 Å². The van der Waals surface area contributed by atoms with Gasteiger partial charge in [-0.05, 0) is 36.8 Å². The van der Waals surface area contributed by atoms with Gasteiger partial charge in [0.1, 0.15) is 22.6 Å². The Hall–Kier alpha value is -3.03. The highest BCUT2D eigenvalue weighted by molar-refractivity contribution is 6.31. The van der Waals surface area contributed by atoms with Crippen molar-refractivity contribution in [3.63, 3.8) is 0 Å². The molecule has 0 amide bonds. The van der Waals surface area contributed by atoms with Gasteiger partial charge < -0.3 is 0 Å². The first-order valence-electron chi connectivity index (χ1n) is 7.48. The number of pyridine rings is 1. The normalized spacial score (nSPS) is 11.4. The van der Waals surface area contributed by atoms with Gasteiger partial charge >= 0.3 is 0 Å². The molecule has 122 valence electrons. The first-order valence-corrected chi connectivity index (χ1v) is 7.86. The van der Waals surface area contributed by atoms with Gasteiger partial charge in [0.05, 0.1) is 11.1 Å². The summed E-state index contributed by atoms with van der Waals surface area (Å²) in [5.74, 6) is -1.37. The Bertz CT molecular complexity index is 1070. The minimum atomic E-state index is -0.694. The molecule has 0 fully saturated rings. The van der Waals surface area contributed by atoms with E-state index in [9.17, 15) is 14.4 Å². The Labute approximate surface area is 149 Å². The molecule has 0 atom stereocenters. The third-order valence-corrected chi connectivity index (χ3v) is 4.11. The van der Waals surface area contributed by atoms with Crippen molar-refractivity contribution in [2.75, 3.05) is 0 Å². The van der Waals surface area contributed by atoms with E-state index >= 15 is 0 Å². The molecule has 0 unspecified atom stereocenters. The molecule has 3 nitrogen and oxygen atoms in total. The highest BCUT2D eigenvalue weighted by atomic mass is 35.5. The van der Waals surface area contributed by atoms with Gasteiger partial charge in [0.15, 0.2) is 0 Å². The zero-order valence-corrected chi connectivity index (χ0v) is 14.0. The number of aryl methyl sites for hydroxylation is 1. The molecule has 1 heterocycles. The average molecular weight is 351 g/mol. The number of allylic oxidation sites excluding steroid dienone is 1. The van der Waals surface area contributed by atoms with Crippen LogP contribution in [0, 0.1) is 24.1 Å². The van der Waals surface area contributed by atoms with Crippen molar-refractivity contribution in [2.24, 2.45) is 0 Å². The first-order chi connectivity index (χ1) is 12.0. The number of nitrogens with zero attached hydrogens (tertiary/aromatic N) is 2.